The number of rotatable bonds is 7. The number of anilines is 1. The number of sulfonamides is 1. The van der Waals surface area contributed by atoms with E-state index in [1.54, 1.807) is 12.1 Å². The van der Waals surface area contributed by atoms with Gasteiger partial charge in [-0.25, -0.2) is 17.9 Å². The Labute approximate surface area is 211 Å². The molecule has 0 aliphatic heterocycles. The smallest absolute Gasteiger partial charge is 0.315 e. The summed E-state index contributed by atoms with van der Waals surface area (Å²) in [5, 5.41) is 7.49. The van der Waals surface area contributed by atoms with Crippen molar-refractivity contribution in [3.05, 3.63) is 36.4 Å². The van der Waals surface area contributed by atoms with Crippen molar-refractivity contribution in [3.63, 3.8) is 0 Å². The van der Waals surface area contributed by atoms with Crippen LogP contribution in [-0.4, -0.2) is 47.7 Å². The van der Waals surface area contributed by atoms with Gasteiger partial charge in [0, 0.05) is 49.7 Å². The van der Waals surface area contributed by atoms with Crippen LogP contribution in [0.2, 0.25) is 0 Å². The molecule has 1 aliphatic rings. The van der Waals surface area contributed by atoms with Gasteiger partial charge in [-0.05, 0) is 25.0 Å². The Morgan fingerprint density at radius 3 is 2.03 bits per heavy atom. The largest absolute Gasteiger partial charge is 0.377 e. The first-order valence-corrected chi connectivity index (χ1v) is 14.6. The Balaban J connectivity index is 1.50. The zero-order chi connectivity index (χ0) is 25.1. The fourth-order valence-corrected chi connectivity index (χ4v) is 6.12. The Kier molecular flexibility index (Phi) is 10.7. The van der Waals surface area contributed by atoms with Crippen LogP contribution in [-0.2, 0) is 10.0 Å². The Morgan fingerprint density at radius 1 is 0.829 bits per heavy atom. The van der Waals surface area contributed by atoms with Crippen molar-refractivity contribution >= 4 is 32.5 Å². The SMILES string of the molecule is CN(C)c1cccc2c(S(=O)(=O)NCCNC(=O)NC3CCCCCCCCCCC3)cccc12. The Morgan fingerprint density at radius 2 is 1.40 bits per heavy atom. The Bertz CT molecular complexity index is 1040. The predicted molar refractivity (Wildman–Crippen MR) is 145 cm³/mol. The second-order valence-corrected chi connectivity index (χ2v) is 11.5. The van der Waals surface area contributed by atoms with Crippen molar-refractivity contribution in [1.29, 1.82) is 0 Å². The maximum atomic E-state index is 13.0. The summed E-state index contributed by atoms with van der Waals surface area (Å²) in [6.07, 6.45) is 13.3. The fourth-order valence-electron chi connectivity index (χ4n) is 4.87. The van der Waals surface area contributed by atoms with Gasteiger partial charge in [-0.2, -0.15) is 0 Å². The van der Waals surface area contributed by atoms with E-state index in [9.17, 15) is 13.2 Å². The molecule has 2 aromatic rings. The lowest BCUT2D eigenvalue weighted by Crippen LogP contribution is -2.44. The molecular weight excluding hydrogens is 460 g/mol. The van der Waals surface area contributed by atoms with Gasteiger partial charge in [0.25, 0.3) is 0 Å². The van der Waals surface area contributed by atoms with Gasteiger partial charge in [0.15, 0.2) is 0 Å². The van der Waals surface area contributed by atoms with E-state index in [2.05, 4.69) is 15.4 Å². The minimum Gasteiger partial charge on any atom is -0.377 e. The molecule has 7 nitrogen and oxygen atoms in total. The van der Waals surface area contributed by atoms with Crippen LogP contribution in [0.3, 0.4) is 0 Å². The van der Waals surface area contributed by atoms with Gasteiger partial charge in [-0.1, -0.05) is 82.1 Å². The highest BCUT2D eigenvalue weighted by Crippen LogP contribution is 2.30. The molecule has 0 aromatic heterocycles. The summed E-state index contributed by atoms with van der Waals surface area (Å²) in [4.78, 5) is 14.7. The third-order valence-electron chi connectivity index (χ3n) is 6.77. The lowest BCUT2D eigenvalue weighted by molar-refractivity contribution is 0.234. The van der Waals surface area contributed by atoms with E-state index < -0.39 is 10.0 Å². The number of carbonyl (C=O) groups excluding carboxylic acids is 1. The number of amides is 2. The molecule has 0 radical (unpaired) electrons. The van der Waals surface area contributed by atoms with E-state index in [0.29, 0.717) is 5.39 Å². The van der Waals surface area contributed by atoms with E-state index >= 15 is 0 Å². The number of nitrogens with zero attached hydrogens (tertiary/aromatic N) is 1. The molecule has 0 bridgehead atoms. The van der Waals surface area contributed by atoms with E-state index in [4.69, 9.17) is 0 Å². The average molecular weight is 503 g/mol. The second kappa shape index (κ2) is 13.7. The molecular formula is C27H42N4O3S. The summed E-state index contributed by atoms with van der Waals surface area (Å²) < 4.78 is 28.7. The number of fused-ring (bicyclic) bond motifs is 1. The third kappa shape index (κ3) is 8.39. The van der Waals surface area contributed by atoms with Crippen LogP contribution >= 0.6 is 0 Å². The van der Waals surface area contributed by atoms with Gasteiger partial charge < -0.3 is 15.5 Å². The van der Waals surface area contributed by atoms with Gasteiger partial charge >= 0.3 is 6.03 Å². The summed E-state index contributed by atoms with van der Waals surface area (Å²) >= 11 is 0. The fraction of sp³-hybridized carbons (Fsp3) is 0.593. The molecule has 0 heterocycles. The Hall–Kier alpha value is -2.32. The molecule has 1 fully saturated rings. The quantitative estimate of drug-likeness (QED) is 0.456. The molecule has 8 heteroatoms. The summed E-state index contributed by atoms with van der Waals surface area (Å²) in [6.45, 7) is 0.357. The number of hydrogen-bond acceptors (Lipinski definition) is 4. The molecule has 1 saturated carbocycles. The molecule has 2 aromatic carbocycles. The van der Waals surface area contributed by atoms with Crippen molar-refractivity contribution in [3.8, 4) is 0 Å². The molecule has 194 valence electrons. The number of nitrogens with one attached hydrogen (secondary N) is 3. The molecule has 0 unspecified atom stereocenters. The molecule has 1 aliphatic carbocycles. The number of hydrogen-bond donors (Lipinski definition) is 3. The van der Waals surface area contributed by atoms with Crippen LogP contribution in [0.25, 0.3) is 10.8 Å². The highest BCUT2D eigenvalue weighted by atomic mass is 32.2. The molecule has 3 rings (SSSR count). The minimum atomic E-state index is -3.72. The first-order valence-electron chi connectivity index (χ1n) is 13.1. The maximum absolute atomic E-state index is 13.0. The number of carbonyl (C=O) groups is 1. The van der Waals surface area contributed by atoms with Gasteiger partial charge in [-0.15, -0.1) is 0 Å². The predicted octanol–water partition coefficient (Wildman–Crippen LogP) is 5.16. The number of benzene rings is 2. The molecule has 3 N–H and O–H groups in total. The van der Waals surface area contributed by atoms with Crippen LogP contribution < -0.4 is 20.3 Å². The second-order valence-electron chi connectivity index (χ2n) is 9.78. The molecule has 0 saturated heterocycles. The van der Waals surface area contributed by atoms with Gasteiger partial charge in [0.05, 0.1) is 4.90 Å². The lowest BCUT2D eigenvalue weighted by atomic mass is 9.98. The van der Waals surface area contributed by atoms with E-state index in [1.165, 1.54) is 44.9 Å². The van der Waals surface area contributed by atoms with E-state index in [0.717, 1.165) is 36.8 Å². The molecule has 0 atom stereocenters. The van der Waals surface area contributed by atoms with Crippen molar-refractivity contribution in [2.75, 3.05) is 32.1 Å². The average Bonchev–Trinajstić information content (AvgIpc) is 2.82. The van der Waals surface area contributed by atoms with Crippen molar-refractivity contribution in [1.82, 2.24) is 15.4 Å². The van der Waals surface area contributed by atoms with Crippen LogP contribution in [0.5, 0.6) is 0 Å². The maximum Gasteiger partial charge on any atom is 0.315 e. The monoisotopic (exact) mass is 502 g/mol. The van der Waals surface area contributed by atoms with Crippen molar-refractivity contribution in [2.45, 2.75) is 81.6 Å². The van der Waals surface area contributed by atoms with E-state index in [-0.39, 0.29) is 30.1 Å². The highest BCUT2D eigenvalue weighted by molar-refractivity contribution is 7.89. The normalized spacial score (nSPS) is 16.7. The minimum absolute atomic E-state index is 0.129. The van der Waals surface area contributed by atoms with E-state index in [1.807, 2.05) is 43.3 Å². The summed E-state index contributed by atoms with van der Waals surface area (Å²) in [5.74, 6) is 0. The van der Waals surface area contributed by atoms with Crippen LogP contribution in [0, 0.1) is 0 Å². The lowest BCUT2D eigenvalue weighted by Gasteiger charge is -2.20. The molecule has 0 spiro atoms. The standard InChI is InChI=1S/C27H42N4O3S/c1-31(2)25-18-12-17-24-23(25)16-13-19-26(24)35(33,34)29-21-20-28-27(32)30-22-14-10-8-6-4-3-5-7-9-11-15-22/h12-13,16-19,22,29H,3-11,14-15,20-21H2,1-2H3,(H2,28,30,32). The summed E-state index contributed by atoms with van der Waals surface area (Å²) in [7, 11) is 0.158. The first-order chi connectivity index (χ1) is 16.9. The first kappa shape index (κ1) is 27.3. The molecule has 2 amide bonds. The zero-order valence-corrected chi connectivity index (χ0v) is 22.1. The highest BCUT2D eigenvalue weighted by Gasteiger charge is 2.18. The van der Waals surface area contributed by atoms with Crippen LogP contribution in [0.1, 0.15) is 70.6 Å². The van der Waals surface area contributed by atoms with Gasteiger partial charge in [-0.3, -0.25) is 0 Å². The summed E-state index contributed by atoms with van der Waals surface area (Å²) in [5.41, 5.74) is 0.963. The van der Waals surface area contributed by atoms with Crippen molar-refractivity contribution in [2.24, 2.45) is 0 Å². The van der Waals surface area contributed by atoms with Crippen LogP contribution in [0.4, 0.5) is 10.5 Å². The number of urea groups is 1. The zero-order valence-electron chi connectivity index (χ0n) is 21.3. The van der Waals surface area contributed by atoms with Gasteiger partial charge in [0.1, 0.15) is 0 Å². The third-order valence-corrected chi connectivity index (χ3v) is 8.29. The summed E-state index contributed by atoms with van der Waals surface area (Å²) in [6, 6.07) is 10.9. The van der Waals surface area contributed by atoms with Gasteiger partial charge in [0.2, 0.25) is 10.0 Å². The molecule has 35 heavy (non-hydrogen) atoms. The van der Waals surface area contributed by atoms with Crippen LogP contribution in [0.15, 0.2) is 41.3 Å². The van der Waals surface area contributed by atoms with Crippen molar-refractivity contribution < 1.29 is 13.2 Å². The topological polar surface area (TPSA) is 90.5 Å².